The van der Waals surface area contributed by atoms with Crippen LogP contribution in [-0.4, -0.2) is 36.6 Å². The Morgan fingerprint density at radius 3 is 2.95 bits per heavy atom. The van der Waals surface area contributed by atoms with E-state index in [9.17, 15) is 0 Å². The smallest absolute Gasteiger partial charge is 0.0798 e. The van der Waals surface area contributed by atoms with Crippen LogP contribution in [0.3, 0.4) is 0 Å². The van der Waals surface area contributed by atoms with E-state index in [1.165, 1.54) is 49.3 Å². The topological polar surface area (TPSA) is 28.2 Å². The summed E-state index contributed by atoms with van der Waals surface area (Å²) in [5, 5.41) is 3.62. The molecule has 2 rings (SSSR count). The van der Waals surface area contributed by atoms with Gasteiger partial charge in [-0.2, -0.15) is 0 Å². The van der Waals surface area contributed by atoms with E-state index in [1.54, 1.807) is 11.3 Å². The number of nitrogens with one attached hydrogen (secondary N) is 1. The van der Waals surface area contributed by atoms with Crippen LogP contribution in [0.1, 0.15) is 50.1 Å². The Morgan fingerprint density at radius 2 is 2.33 bits per heavy atom. The summed E-state index contributed by atoms with van der Waals surface area (Å²) in [6.07, 6.45) is 5.54. The highest BCUT2D eigenvalue weighted by molar-refractivity contribution is 7.09. The highest BCUT2D eigenvalue weighted by atomic mass is 32.1. The Hall–Kier alpha value is -0.450. The molecule has 0 bridgehead atoms. The molecule has 0 amide bonds. The van der Waals surface area contributed by atoms with Crippen molar-refractivity contribution in [1.82, 2.24) is 15.2 Å². The molecule has 0 aliphatic heterocycles. The zero-order valence-corrected chi connectivity index (χ0v) is 14.9. The molecule has 2 unspecified atom stereocenters. The Bertz CT molecular complexity index is 431. The molecule has 1 fully saturated rings. The molecule has 1 aliphatic rings. The van der Waals surface area contributed by atoms with Crippen LogP contribution in [0.2, 0.25) is 0 Å². The second-order valence-corrected chi connectivity index (χ2v) is 7.95. The van der Waals surface area contributed by atoms with Crippen LogP contribution in [0.4, 0.5) is 0 Å². The average molecular weight is 310 g/mol. The fourth-order valence-corrected chi connectivity index (χ4v) is 4.73. The highest BCUT2D eigenvalue weighted by Gasteiger charge is 2.35. The van der Waals surface area contributed by atoms with E-state index in [2.05, 4.69) is 43.0 Å². The van der Waals surface area contributed by atoms with Gasteiger partial charge in [0.1, 0.15) is 0 Å². The van der Waals surface area contributed by atoms with Gasteiger partial charge in [0.25, 0.3) is 0 Å². The zero-order chi connectivity index (χ0) is 15.3. The van der Waals surface area contributed by atoms with Gasteiger partial charge in [-0.25, -0.2) is 4.98 Å². The summed E-state index contributed by atoms with van der Waals surface area (Å²) in [6.45, 7) is 11.2. The van der Waals surface area contributed by atoms with Gasteiger partial charge in [-0.1, -0.05) is 26.7 Å². The minimum Gasteiger partial charge on any atom is -0.316 e. The maximum absolute atomic E-state index is 4.37. The van der Waals surface area contributed by atoms with Crippen molar-refractivity contribution in [2.24, 2.45) is 11.3 Å². The monoisotopic (exact) mass is 309 g/mol. The van der Waals surface area contributed by atoms with Crippen LogP contribution in [0.5, 0.6) is 0 Å². The van der Waals surface area contributed by atoms with Crippen molar-refractivity contribution in [3.63, 3.8) is 0 Å². The van der Waals surface area contributed by atoms with E-state index >= 15 is 0 Å². The van der Waals surface area contributed by atoms with Crippen molar-refractivity contribution in [2.45, 2.75) is 53.0 Å². The molecule has 1 heterocycles. The summed E-state index contributed by atoms with van der Waals surface area (Å²) in [5.41, 5.74) is 3.63. The summed E-state index contributed by atoms with van der Waals surface area (Å²) in [6, 6.07) is 0. The number of aromatic nitrogens is 1. The number of nitrogens with zero attached hydrogens (tertiary/aromatic N) is 2. The van der Waals surface area contributed by atoms with Crippen LogP contribution in [0, 0.1) is 18.3 Å². The van der Waals surface area contributed by atoms with Crippen molar-refractivity contribution in [2.75, 3.05) is 26.7 Å². The lowest BCUT2D eigenvalue weighted by Crippen LogP contribution is -2.45. The van der Waals surface area contributed by atoms with Gasteiger partial charge in [-0.15, -0.1) is 11.3 Å². The van der Waals surface area contributed by atoms with Gasteiger partial charge in [0.05, 0.1) is 11.2 Å². The standard InChI is InChI=1S/C17H31N3S/c1-5-18-11-17(8-6-7-14(2)9-17)12-20(4)10-16-15(3)19-13-21-16/h13-14,18H,5-12H2,1-4H3. The molecule has 21 heavy (non-hydrogen) atoms. The molecular weight excluding hydrogens is 278 g/mol. The number of thiazole rings is 1. The van der Waals surface area contributed by atoms with Crippen LogP contribution in [0.25, 0.3) is 0 Å². The Kier molecular flexibility index (Phi) is 6.20. The molecule has 1 aromatic rings. The van der Waals surface area contributed by atoms with E-state index in [0.29, 0.717) is 5.41 Å². The van der Waals surface area contributed by atoms with E-state index in [-0.39, 0.29) is 0 Å². The Labute approximate surface area is 134 Å². The first-order chi connectivity index (χ1) is 10.0. The predicted molar refractivity (Wildman–Crippen MR) is 91.8 cm³/mol. The van der Waals surface area contributed by atoms with Crippen molar-refractivity contribution in [1.29, 1.82) is 0 Å². The van der Waals surface area contributed by atoms with Crippen LogP contribution >= 0.6 is 11.3 Å². The van der Waals surface area contributed by atoms with Crippen LogP contribution in [0.15, 0.2) is 5.51 Å². The third-order valence-corrected chi connectivity index (χ3v) is 5.72. The molecule has 2 atom stereocenters. The van der Waals surface area contributed by atoms with E-state index in [4.69, 9.17) is 0 Å². The maximum atomic E-state index is 4.37. The second kappa shape index (κ2) is 7.70. The summed E-state index contributed by atoms with van der Waals surface area (Å²) < 4.78 is 0. The molecule has 0 saturated heterocycles. The number of hydrogen-bond donors (Lipinski definition) is 1. The van der Waals surface area contributed by atoms with Gasteiger partial charge in [0, 0.05) is 24.5 Å². The summed E-state index contributed by atoms with van der Waals surface area (Å²) in [5.74, 6) is 0.871. The number of aryl methyl sites for hydroxylation is 1. The van der Waals surface area contributed by atoms with Crippen molar-refractivity contribution in [3.8, 4) is 0 Å². The fraction of sp³-hybridized carbons (Fsp3) is 0.824. The molecule has 120 valence electrons. The quantitative estimate of drug-likeness (QED) is 0.832. The molecule has 1 N–H and O–H groups in total. The molecular formula is C17H31N3S. The lowest BCUT2D eigenvalue weighted by Gasteiger charge is -2.42. The minimum atomic E-state index is 0.459. The Morgan fingerprint density at radius 1 is 1.52 bits per heavy atom. The van der Waals surface area contributed by atoms with Crippen LogP contribution < -0.4 is 5.32 Å². The molecule has 1 saturated carbocycles. The molecule has 3 nitrogen and oxygen atoms in total. The average Bonchev–Trinajstić information content (AvgIpc) is 2.82. The molecule has 1 aliphatic carbocycles. The molecule has 0 spiro atoms. The van der Waals surface area contributed by atoms with Gasteiger partial charge in [-0.3, -0.25) is 0 Å². The van der Waals surface area contributed by atoms with Gasteiger partial charge >= 0.3 is 0 Å². The van der Waals surface area contributed by atoms with Crippen molar-refractivity contribution in [3.05, 3.63) is 16.1 Å². The van der Waals surface area contributed by atoms with Gasteiger partial charge < -0.3 is 10.2 Å². The van der Waals surface area contributed by atoms with Gasteiger partial charge in [-0.05, 0) is 44.7 Å². The molecule has 1 aromatic heterocycles. The van der Waals surface area contributed by atoms with E-state index in [1.807, 2.05) is 5.51 Å². The Balaban J connectivity index is 1.98. The first-order valence-electron chi connectivity index (χ1n) is 8.33. The van der Waals surface area contributed by atoms with Crippen molar-refractivity contribution >= 4 is 11.3 Å². The summed E-state index contributed by atoms with van der Waals surface area (Å²) in [4.78, 5) is 8.30. The first kappa shape index (κ1) is 16.9. The maximum Gasteiger partial charge on any atom is 0.0798 e. The lowest BCUT2D eigenvalue weighted by atomic mass is 9.69. The molecule has 0 radical (unpaired) electrons. The first-order valence-corrected chi connectivity index (χ1v) is 9.21. The fourth-order valence-electron chi connectivity index (χ4n) is 3.87. The molecule has 4 heteroatoms. The van der Waals surface area contributed by atoms with Crippen molar-refractivity contribution < 1.29 is 0 Å². The van der Waals surface area contributed by atoms with E-state index in [0.717, 1.165) is 19.0 Å². The minimum absolute atomic E-state index is 0.459. The predicted octanol–water partition coefficient (Wildman–Crippen LogP) is 3.69. The van der Waals surface area contributed by atoms with E-state index < -0.39 is 0 Å². The lowest BCUT2D eigenvalue weighted by molar-refractivity contribution is 0.0898. The number of rotatable bonds is 7. The summed E-state index contributed by atoms with van der Waals surface area (Å²) in [7, 11) is 2.27. The largest absolute Gasteiger partial charge is 0.316 e. The van der Waals surface area contributed by atoms with Gasteiger partial charge in [0.2, 0.25) is 0 Å². The summed E-state index contributed by atoms with van der Waals surface area (Å²) >= 11 is 1.79. The number of hydrogen-bond acceptors (Lipinski definition) is 4. The normalized spacial score (nSPS) is 26.4. The van der Waals surface area contributed by atoms with Gasteiger partial charge in [0.15, 0.2) is 0 Å². The third-order valence-electron chi connectivity index (χ3n) is 4.80. The second-order valence-electron chi connectivity index (χ2n) is 7.02. The zero-order valence-electron chi connectivity index (χ0n) is 14.1. The van der Waals surface area contributed by atoms with Crippen LogP contribution in [-0.2, 0) is 6.54 Å². The SMILES string of the molecule is CCNCC1(CN(C)Cc2scnc2C)CCCC(C)C1. The third kappa shape index (κ3) is 4.76. The highest BCUT2D eigenvalue weighted by Crippen LogP contribution is 2.39. The molecule has 0 aromatic carbocycles.